The van der Waals surface area contributed by atoms with Crippen molar-refractivity contribution < 1.29 is 13.0 Å². The van der Waals surface area contributed by atoms with E-state index < -0.39 is 15.9 Å². The smallest absolute Gasteiger partial charge is 0.268 e. The quantitative estimate of drug-likeness (QED) is 0.511. The highest BCUT2D eigenvalue weighted by atomic mass is 35.5. The van der Waals surface area contributed by atoms with Crippen LogP contribution in [-0.2, 0) is 10.3 Å². The Hall–Kier alpha value is -1.06. The molecular formula is C9H7Cl3N4O3S. The second kappa shape index (κ2) is 5.74. The van der Waals surface area contributed by atoms with Crippen molar-refractivity contribution >= 4 is 61.4 Å². The summed E-state index contributed by atoms with van der Waals surface area (Å²) in [4.78, 5) is 7.25. The number of hydrazine groups is 1. The zero-order valence-electron chi connectivity index (χ0n) is 9.56. The highest BCUT2D eigenvalue weighted by molar-refractivity contribution is 7.87. The number of aliphatic imine (C=N–C) groups is 2. The molecule has 0 saturated carbocycles. The number of anilines is 1. The molecule has 0 spiro atoms. The van der Waals surface area contributed by atoms with Gasteiger partial charge in [0.2, 0.25) is 16.2 Å². The summed E-state index contributed by atoms with van der Waals surface area (Å²) in [6, 6.07) is 7.68. The minimum Gasteiger partial charge on any atom is -0.268 e. The first kappa shape index (κ1) is 15.3. The molecule has 0 saturated heterocycles. The fourth-order valence-corrected chi connectivity index (χ4v) is 3.18. The van der Waals surface area contributed by atoms with Crippen LogP contribution in [-0.4, -0.2) is 34.2 Å². The number of amidine groups is 2. The molecule has 0 fully saturated rings. The predicted molar refractivity (Wildman–Crippen MR) is 78.5 cm³/mol. The molecule has 2 rings (SSSR count). The molecule has 1 aromatic rings. The summed E-state index contributed by atoms with van der Waals surface area (Å²) in [6.07, 6.45) is 0. The lowest BCUT2D eigenvalue weighted by Gasteiger charge is -2.35. The van der Waals surface area contributed by atoms with E-state index in [0.29, 0.717) is 4.41 Å². The standard InChI is InChI=1S/C9H7Cl3N4O3S/c10-7-13-8(11)15(9(12)14-7)16(20(17,18)19)6-4-2-1-3-5-6/h1-5,8H,(H,17,18,19). The number of halogens is 3. The summed E-state index contributed by atoms with van der Waals surface area (Å²) in [6.45, 7) is 0. The molecule has 1 aliphatic heterocycles. The molecule has 7 nitrogen and oxygen atoms in total. The van der Waals surface area contributed by atoms with Gasteiger partial charge < -0.3 is 0 Å². The van der Waals surface area contributed by atoms with E-state index in [9.17, 15) is 13.0 Å². The Labute approximate surface area is 129 Å². The van der Waals surface area contributed by atoms with Crippen molar-refractivity contribution in [2.45, 2.75) is 5.62 Å². The number of nitrogens with zero attached hydrogens (tertiary/aromatic N) is 4. The summed E-state index contributed by atoms with van der Waals surface area (Å²) >= 11 is 17.3. The van der Waals surface area contributed by atoms with E-state index >= 15 is 0 Å². The monoisotopic (exact) mass is 356 g/mol. The van der Waals surface area contributed by atoms with Crippen LogP contribution in [0.1, 0.15) is 0 Å². The average Bonchev–Trinajstić information content (AvgIpc) is 2.33. The maximum Gasteiger partial charge on any atom is 0.378 e. The van der Waals surface area contributed by atoms with Crippen LogP contribution in [0.5, 0.6) is 0 Å². The van der Waals surface area contributed by atoms with Gasteiger partial charge in [0.05, 0.1) is 5.69 Å². The van der Waals surface area contributed by atoms with Gasteiger partial charge in [0.25, 0.3) is 0 Å². The summed E-state index contributed by atoms with van der Waals surface area (Å²) in [5, 5.41) is 0.195. The van der Waals surface area contributed by atoms with Crippen molar-refractivity contribution in [3.05, 3.63) is 30.3 Å². The second-order valence-corrected chi connectivity index (χ2v) is 5.80. The van der Waals surface area contributed by atoms with Crippen LogP contribution in [0.3, 0.4) is 0 Å². The first-order valence-corrected chi connectivity index (χ1v) is 7.63. The molecule has 1 atom stereocenters. The Balaban J connectivity index is 2.52. The summed E-state index contributed by atoms with van der Waals surface area (Å²) in [5.41, 5.74) is -1.18. The normalized spacial score (nSPS) is 19.4. The molecule has 1 N–H and O–H groups in total. The lowest BCUT2D eigenvalue weighted by Crippen LogP contribution is -2.52. The Morgan fingerprint density at radius 2 is 1.85 bits per heavy atom. The van der Waals surface area contributed by atoms with Crippen molar-refractivity contribution in [2.24, 2.45) is 9.98 Å². The minimum atomic E-state index is -4.70. The zero-order valence-corrected chi connectivity index (χ0v) is 12.6. The summed E-state index contributed by atoms with van der Waals surface area (Å²) in [7, 11) is -4.70. The van der Waals surface area contributed by atoms with Gasteiger partial charge in [-0.15, -0.1) is 0 Å². The summed E-state index contributed by atoms with van der Waals surface area (Å²) < 4.78 is 33.0. The molecule has 1 aliphatic rings. The molecule has 108 valence electrons. The van der Waals surface area contributed by atoms with Gasteiger partial charge in [-0.1, -0.05) is 29.8 Å². The number of hydrogen-bond donors (Lipinski definition) is 1. The first-order chi connectivity index (χ1) is 9.30. The molecule has 0 aromatic heterocycles. The largest absolute Gasteiger partial charge is 0.378 e. The van der Waals surface area contributed by atoms with Gasteiger partial charge in [0.1, 0.15) is 0 Å². The van der Waals surface area contributed by atoms with Crippen LogP contribution in [0.4, 0.5) is 5.69 Å². The second-order valence-electron chi connectivity index (χ2n) is 3.49. The van der Waals surface area contributed by atoms with E-state index in [0.717, 1.165) is 5.01 Å². The number of benzene rings is 1. The lowest BCUT2D eigenvalue weighted by molar-refractivity contribution is 0.383. The fourth-order valence-electron chi connectivity index (χ4n) is 1.47. The van der Waals surface area contributed by atoms with Gasteiger partial charge in [0, 0.05) is 0 Å². The van der Waals surface area contributed by atoms with E-state index in [1.54, 1.807) is 18.2 Å². The highest BCUT2D eigenvalue weighted by Gasteiger charge is 2.36. The third kappa shape index (κ3) is 3.15. The predicted octanol–water partition coefficient (Wildman–Crippen LogP) is 2.24. The third-order valence-corrected chi connectivity index (χ3v) is 3.73. The van der Waals surface area contributed by atoms with Crippen molar-refractivity contribution in [1.82, 2.24) is 5.01 Å². The summed E-state index contributed by atoms with van der Waals surface area (Å²) in [5.74, 6) is 0. The van der Waals surface area contributed by atoms with Crippen LogP contribution in [0, 0.1) is 0 Å². The van der Waals surface area contributed by atoms with Crippen LogP contribution in [0.15, 0.2) is 40.3 Å². The van der Waals surface area contributed by atoms with Crippen molar-refractivity contribution in [3.8, 4) is 0 Å². The van der Waals surface area contributed by atoms with Crippen LogP contribution in [0.25, 0.3) is 0 Å². The number of para-hydroxylation sites is 1. The molecule has 0 aliphatic carbocycles. The van der Waals surface area contributed by atoms with Crippen molar-refractivity contribution in [1.29, 1.82) is 0 Å². The third-order valence-electron chi connectivity index (χ3n) is 2.18. The molecule has 0 bridgehead atoms. The Morgan fingerprint density at radius 3 is 2.35 bits per heavy atom. The molecule has 1 aromatic carbocycles. The van der Waals surface area contributed by atoms with E-state index in [1.807, 2.05) is 0 Å². The van der Waals surface area contributed by atoms with E-state index in [-0.39, 0.29) is 16.3 Å². The number of hydrogen-bond acceptors (Lipinski definition) is 5. The number of rotatable bonds is 3. The molecule has 1 unspecified atom stereocenters. The van der Waals surface area contributed by atoms with Crippen molar-refractivity contribution in [3.63, 3.8) is 0 Å². The van der Waals surface area contributed by atoms with Gasteiger partial charge >= 0.3 is 10.3 Å². The van der Waals surface area contributed by atoms with Crippen LogP contribution >= 0.6 is 34.8 Å². The SMILES string of the molecule is O=S(=O)(O)N(c1ccccc1)N1C(Cl)=NC(Cl)=NC1Cl. The highest BCUT2D eigenvalue weighted by Crippen LogP contribution is 2.27. The van der Waals surface area contributed by atoms with Gasteiger partial charge in [-0.05, 0) is 35.3 Å². The molecule has 11 heteroatoms. The number of alkyl halides is 1. The van der Waals surface area contributed by atoms with Gasteiger partial charge in [-0.3, -0.25) is 4.55 Å². The maximum atomic E-state index is 11.6. The average molecular weight is 358 g/mol. The van der Waals surface area contributed by atoms with Gasteiger partial charge in [-0.2, -0.15) is 17.8 Å². The van der Waals surface area contributed by atoms with E-state index in [2.05, 4.69) is 9.98 Å². The van der Waals surface area contributed by atoms with Gasteiger partial charge in [-0.25, -0.2) is 10.0 Å². The van der Waals surface area contributed by atoms with E-state index in [4.69, 9.17) is 34.8 Å². The van der Waals surface area contributed by atoms with Gasteiger partial charge in [0.15, 0.2) is 0 Å². The maximum absolute atomic E-state index is 11.6. The molecule has 1 heterocycles. The Bertz CT molecular complexity index is 664. The molecule has 0 amide bonds. The minimum absolute atomic E-state index is 0.0993. The lowest BCUT2D eigenvalue weighted by atomic mass is 10.3. The molecular weight excluding hydrogens is 351 g/mol. The Kier molecular flexibility index (Phi) is 4.40. The molecule has 0 radical (unpaired) electrons. The molecule has 20 heavy (non-hydrogen) atoms. The fraction of sp³-hybridized carbons (Fsp3) is 0.111. The van der Waals surface area contributed by atoms with Crippen LogP contribution in [0.2, 0.25) is 0 Å². The van der Waals surface area contributed by atoms with E-state index in [1.165, 1.54) is 12.1 Å². The van der Waals surface area contributed by atoms with Crippen LogP contribution < -0.4 is 4.41 Å². The zero-order chi connectivity index (χ0) is 14.9. The topological polar surface area (TPSA) is 85.6 Å². The van der Waals surface area contributed by atoms with Crippen molar-refractivity contribution in [2.75, 3.05) is 4.41 Å². The first-order valence-electron chi connectivity index (χ1n) is 5.04. The Morgan fingerprint density at radius 1 is 1.25 bits per heavy atom.